The molecule has 1 aromatic rings. The van der Waals surface area contributed by atoms with Crippen molar-refractivity contribution in [3.63, 3.8) is 0 Å². The normalized spacial score (nSPS) is 33.5. The summed E-state index contributed by atoms with van der Waals surface area (Å²) in [6, 6.07) is 9.57. The third-order valence-corrected chi connectivity index (χ3v) is 3.71. The van der Waals surface area contributed by atoms with Crippen molar-refractivity contribution >= 4 is 5.97 Å². The van der Waals surface area contributed by atoms with Gasteiger partial charge in [0, 0.05) is 13.3 Å². The molecule has 1 aromatic carbocycles. The van der Waals surface area contributed by atoms with E-state index in [1.807, 2.05) is 44.2 Å². The minimum Gasteiger partial charge on any atom is -0.487 e. The molecule has 0 unspecified atom stereocenters. The van der Waals surface area contributed by atoms with Crippen LogP contribution in [0.4, 0.5) is 0 Å². The van der Waals surface area contributed by atoms with Crippen molar-refractivity contribution in [3.05, 3.63) is 30.3 Å². The molecule has 1 saturated carbocycles. The van der Waals surface area contributed by atoms with Crippen LogP contribution in [0, 0.1) is 0 Å². The number of carbonyl (C=O) groups excluding carboxylic acids is 1. The Morgan fingerprint density at radius 1 is 1.14 bits per heavy atom. The highest BCUT2D eigenvalue weighted by molar-refractivity contribution is 5.66. The molecule has 1 aliphatic heterocycles. The maximum atomic E-state index is 11.3. The van der Waals surface area contributed by atoms with Crippen LogP contribution in [0.1, 0.15) is 27.2 Å². The molecule has 0 amide bonds. The van der Waals surface area contributed by atoms with E-state index >= 15 is 0 Å². The molecule has 5 nitrogen and oxygen atoms in total. The average Bonchev–Trinajstić information content (AvgIpc) is 2.86. The van der Waals surface area contributed by atoms with Crippen LogP contribution in [-0.4, -0.2) is 36.2 Å². The number of hydrogen-bond donors (Lipinski definition) is 0. The quantitative estimate of drug-likeness (QED) is 0.800. The molecule has 0 aromatic heterocycles. The standard InChI is InChI=1S/C16H20O5/c1-10(17)18-12-9-13(19-11-7-5-4-6-8-11)15-14(12)20-16(2,3)21-15/h4-8,12-15H,9H2,1-3H3/t12-,13+,14+,15-/m1/s1. The van der Waals surface area contributed by atoms with Gasteiger partial charge in [0.1, 0.15) is 30.2 Å². The summed E-state index contributed by atoms with van der Waals surface area (Å²) < 4.78 is 23.2. The number of carbonyl (C=O) groups is 1. The molecule has 114 valence electrons. The predicted octanol–water partition coefficient (Wildman–Crippen LogP) is 2.29. The summed E-state index contributed by atoms with van der Waals surface area (Å²) in [6.07, 6.45) is -0.464. The first-order valence-corrected chi connectivity index (χ1v) is 7.19. The molecule has 1 saturated heterocycles. The van der Waals surface area contributed by atoms with Gasteiger partial charge in [-0.15, -0.1) is 0 Å². The Hall–Kier alpha value is -1.59. The van der Waals surface area contributed by atoms with Crippen LogP contribution in [-0.2, 0) is 19.0 Å². The van der Waals surface area contributed by atoms with Crippen LogP contribution in [0.2, 0.25) is 0 Å². The Morgan fingerprint density at radius 3 is 2.38 bits per heavy atom. The van der Waals surface area contributed by atoms with Gasteiger partial charge < -0.3 is 18.9 Å². The topological polar surface area (TPSA) is 54.0 Å². The molecule has 0 bridgehead atoms. The molecule has 21 heavy (non-hydrogen) atoms. The van der Waals surface area contributed by atoms with Crippen molar-refractivity contribution in [1.29, 1.82) is 0 Å². The van der Waals surface area contributed by atoms with E-state index in [9.17, 15) is 4.79 Å². The van der Waals surface area contributed by atoms with Crippen molar-refractivity contribution in [2.24, 2.45) is 0 Å². The number of ether oxygens (including phenoxy) is 4. The smallest absolute Gasteiger partial charge is 0.302 e. The zero-order chi connectivity index (χ0) is 15.0. The number of rotatable bonds is 3. The maximum absolute atomic E-state index is 11.3. The molecular weight excluding hydrogens is 272 g/mol. The Morgan fingerprint density at radius 2 is 1.76 bits per heavy atom. The first kappa shape index (κ1) is 14.4. The molecule has 1 heterocycles. The Kier molecular flexibility index (Phi) is 3.63. The number of hydrogen-bond acceptors (Lipinski definition) is 5. The van der Waals surface area contributed by atoms with E-state index < -0.39 is 5.79 Å². The second-order valence-electron chi connectivity index (χ2n) is 5.92. The van der Waals surface area contributed by atoms with Gasteiger partial charge in [-0.3, -0.25) is 4.79 Å². The minimum absolute atomic E-state index is 0.191. The zero-order valence-corrected chi connectivity index (χ0v) is 12.4. The van der Waals surface area contributed by atoms with Crippen LogP contribution < -0.4 is 4.74 Å². The van der Waals surface area contributed by atoms with E-state index in [-0.39, 0.29) is 30.4 Å². The van der Waals surface area contributed by atoms with Gasteiger partial charge in [-0.1, -0.05) is 18.2 Å². The summed E-state index contributed by atoms with van der Waals surface area (Å²) in [5.41, 5.74) is 0. The molecule has 2 aliphatic rings. The van der Waals surface area contributed by atoms with Crippen molar-refractivity contribution < 1.29 is 23.7 Å². The van der Waals surface area contributed by atoms with E-state index in [2.05, 4.69) is 0 Å². The predicted molar refractivity (Wildman–Crippen MR) is 74.9 cm³/mol. The molecular formula is C16H20O5. The highest BCUT2D eigenvalue weighted by Gasteiger charge is 2.56. The minimum atomic E-state index is -0.688. The molecule has 4 atom stereocenters. The summed E-state index contributed by atoms with van der Waals surface area (Å²) in [7, 11) is 0. The fourth-order valence-electron chi connectivity index (χ4n) is 3.01. The third-order valence-electron chi connectivity index (χ3n) is 3.71. The first-order chi connectivity index (χ1) is 9.94. The average molecular weight is 292 g/mol. The van der Waals surface area contributed by atoms with Gasteiger partial charge in [0.25, 0.3) is 0 Å². The lowest BCUT2D eigenvalue weighted by Crippen LogP contribution is -2.33. The Bertz CT molecular complexity index is 513. The van der Waals surface area contributed by atoms with E-state index in [1.165, 1.54) is 6.92 Å². The highest BCUT2D eigenvalue weighted by Crippen LogP contribution is 2.41. The lowest BCUT2D eigenvalue weighted by molar-refractivity contribution is -0.179. The molecule has 2 fully saturated rings. The van der Waals surface area contributed by atoms with Gasteiger partial charge in [0.05, 0.1) is 0 Å². The largest absolute Gasteiger partial charge is 0.487 e. The number of para-hydroxylation sites is 1. The van der Waals surface area contributed by atoms with Crippen LogP contribution in [0.5, 0.6) is 5.75 Å². The van der Waals surface area contributed by atoms with Crippen LogP contribution >= 0.6 is 0 Å². The lowest BCUT2D eigenvalue weighted by Gasteiger charge is -2.23. The molecule has 1 aliphatic carbocycles. The summed E-state index contributed by atoms with van der Waals surface area (Å²) in [5.74, 6) is -0.225. The fraction of sp³-hybridized carbons (Fsp3) is 0.562. The third kappa shape index (κ3) is 3.04. The first-order valence-electron chi connectivity index (χ1n) is 7.19. The highest BCUT2D eigenvalue weighted by atomic mass is 16.8. The maximum Gasteiger partial charge on any atom is 0.302 e. The van der Waals surface area contributed by atoms with Gasteiger partial charge in [-0.25, -0.2) is 0 Å². The van der Waals surface area contributed by atoms with Crippen molar-refractivity contribution in [2.75, 3.05) is 0 Å². The number of fused-ring (bicyclic) bond motifs is 1. The summed E-state index contributed by atoms with van der Waals surface area (Å²) in [4.78, 5) is 11.3. The fourth-order valence-corrected chi connectivity index (χ4v) is 3.01. The Balaban J connectivity index is 1.76. The van der Waals surface area contributed by atoms with Crippen molar-refractivity contribution in [1.82, 2.24) is 0 Å². The second kappa shape index (κ2) is 5.31. The zero-order valence-electron chi connectivity index (χ0n) is 12.4. The SMILES string of the molecule is CC(=O)O[C@@H]1C[C@H](Oc2ccccc2)[C@H]2OC(C)(C)O[C@H]21. The molecule has 0 radical (unpaired) electrons. The molecule has 5 heteroatoms. The van der Waals surface area contributed by atoms with E-state index in [0.29, 0.717) is 6.42 Å². The molecule has 0 spiro atoms. The van der Waals surface area contributed by atoms with Crippen molar-refractivity contribution in [3.8, 4) is 5.75 Å². The summed E-state index contributed by atoms with van der Waals surface area (Å²) in [6.45, 7) is 5.12. The van der Waals surface area contributed by atoms with Gasteiger partial charge in [-0.05, 0) is 26.0 Å². The summed E-state index contributed by atoms with van der Waals surface area (Å²) in [5, 5.41) is 0. The molecule has 3 rings (SSSR count). The van der Waals surface area contributed by atoms with Gasteiger partial charge >= 0.3 is 5.97 Å². The van der Waals surface area contributed by atoms with Crippen LogP contribution in [0.3, 0.4) is 0 Å². The van der Waals surface area contributed by atoms with Gasteiger partial charge in [-0.2, -0.15) is 0 Å². The van der Waals surface area contributed by atoms with Gasteiger partial charge in [0.15, 0.2) is 5.79 Å². The number of esters is 1. The Labute approximate surface area is 124 Å². The van der Waals surface area contributed by atoms with E-state index in [4.69, 9.17) is 18.9 Å². The van der Waals surface area contributed by atoms with E-state index in [1.54, 1.807) is 0 Å². The monoisotopic (exact) mass is 292 g/mol. The molecule has 0 N–H and O–H groups in total. The number of benzene rings is 1. The van der Waals surface area contributed by atoms with Crippen molar-refractivity contribution in [2.45, 2.75) is 57.4 Å². The van der Waals surface area contributed by atoms with Crippen LogP contribution in [0.15, 0.2) is 30.3 Å². The lowest BCUT2D eigenvalue weighted by atomic mass is 10.2. The second-order valence-corrected chi connectivity index (χ2v) is 5.92. The van der Waals surface area contributed by atoms with Gasteiger partial charge in [0.2, 0.25) is 0 Å². The van der Waals surface area contributed by atoms with E-state index in [0.717, 1.165) is 5.75 Å². The summed E-state index contributed by atoms with van der Waals surface area (Å²) >= 11 is 0. The van der Waals surface area contributed by atoms with Crippen LogP contribution in [0.25, 0.3) is 0 Å².